The number of anilines is 1. The van der Waals surface area contributed by atoms with Gasteiger partial charge in [0.1, 0.15) is 26.1 Å². The van der Waals surface area contributed by atoms with E-state index in [4.69, 9.17) is 9.47 Å². The summed E-state index contributed by atoms with van der Waals surface area (Å²) in [6, 6.07) is 0. The van der Waals surface area contributed by atoms with Crippen LogP contribution < -0.4 is 5.32 Å². The van der Waals surface area contributed by atoms with Gasteiger partial charge in [-0.25, -0.2) is 19.6 Å². The number of amides is 1. The summed E-state index contributed by atoms with van der Waals surface area (Å²) in [4.78, 5) is 47.6. The van der Waals surface area contributed by atoms with Gasteiger partial charge >= 0.3 is 11.9 Å². The molecule has 3 aromatic rings. The normalized spacial score (nSPS) is 10.8. The molecule has 0 fully saturated rings. The minimum atomic E-state index is -0.635. The Kier molecular flexibility index (Phi) is 6.74. The molecule has 0 aliphatic rings. The van der Waals surface area contributed by atoms with E-state index >= 15 is 0 Å². The van der Waals surface area contributed by atoms with E-state index in [2.05, 4.69) is 15.3 Å². The third-order valence-corrected chi connectivity index (χ3v) is 7.72. The highest BCUT2D eigenvalue weighted by Gasteiger charge is 2.27. The average Bonchev–Trinajstić information content (AvgIpc) is 3.21. The summed E-state index contributed by atoms with van der Waals surface area (Å²) in [6.45, 7) is 5.64. The molecule has 0 atom stereocenters. The second-order valence-corrected chi connectivity index (χ2v) is 9.41. The number of hydrogen-bond donors (Lipinski definition) is 1. The first kappa shape index (κ1) is 22.2. The number of fused-ring (bicyclic) bond motifs is 1. The van der Waals surface area contributed by atoms with Gasteiger partial charge in [-0.3, -0.25) is 4.79 Å². The number of aryl methyl sites for hydroxylation is 2. The molecule has 3 rings (SSSR count). The lowest BCUT2D eigenvalue weighted by atomic mass is 10.1. The van der Waals surface area contributed by atoms with E-state index in [1.54, 1.807) is 18.3 Å². The maximum absolute atomic E-state index is 12.6. The number of ether oxygens (including phenoxy) is 2. The van der Waals surface area contributed by atoms with Crippen molar-refractivity contribution in [3.05, 3.63) is 32.8 Å². The minimum absolute atomic E-state index is 0.0750. The Balaban J connectivity index is 1.82. The number of esters is 2. The Morgan fingerprint density at radius 1 is 1.03 bits per heavy atom. The molecule has 1 N–H and O–H groups in total. The van der Waals surface area contributed by atoms with Crippen molar-refractivity contribution in [2.45, 2.75) is 25.8 Å². The Hall–Kier alpha value is -2.50. The Bertz CT molecular complexity index is 1150. The quantitative estimate of drug-likeness (QED) is 0.331. The van der Waals surface area contributed by atoms with Crippen LogP contribution in [0, 0.1) is 20.8 Å². The topological polar surface area (TPSA) is 107 Å². The molecule has 30 heavy (non-hydrogen) atoms. The summed E-state index contributed by atoms with van der Waals surface area (Å²) in [5, 5.41) is 4.64. The second-order valence-electron chi connectivity index (χ2n) is 6.22. The van der Waals surface area contributed by atoms with Crippen molar-refractivity contribution < 1.29 is 23.9 Å². The molecule has 0 aliphatic heterocycles. The number of thioether (sulfide) groups is 1. The van der Waals surface area contributed by atoms with Crippen LogP contribution in [0.25, 0.3) is 10.2 Å². The average molecular weight is 466 g/mol. The first-order valence-electron chi connectivity index (χ1n) is 8.71. The van der Waals surface area contributed by atoms with Gasteiger partial charge < -0.3 is 14.8 Å². The van der Waals surface area contributed by atoms with Gasteiger partial charge in [-0.05, 0) is 31.9 Å². The third-order valence-electron chi connectivity index (χ3n) is 4.43. The molecule has 0 aromatic carbocycles. The SMILES string of the molecule is COC(=O)c1sc(NC(=O)CSc2ncnc3sc(C)c(C)c23)c(C(=O)OC)c1C. The van der Waals surface area contributed by atoms with Crippen molar-refractivity contribution in [3.8, 4) is 0 Å². The van der Waals surface area contributed by atoms with E-state index in [0.29, 0.717) is 5.56 Å². The van der Waals surface area contributed by atoms with Crippen LogP contribution in [0.5, 0.6) is 0 Å². The molecule has 158 valence electrons. The molecule has 3 heterocycles. The highest BCUT2D eigenvalue weighted by atomic mass is 32.2. The summed E-state index contributed by atoms with van der Waals surface area (Å²) < 4.78 is 9.55. The first-order valence-corrected chi connectivity index (χ1v) is 11.3. The van der Waals surface area contributed by atoms with Gasteiger partial charge in [0.25, 0.3) is 0 Å². The van der Waals surface area contributed by atoms with Crippen molar-refractivity contribution in [1.82, 2.24) is 9.97 Å². The van der Waals surface area contributed by atoms with Crippen LogP contribution in [0.2, 0.25) is 0 Å². The molecular weight excluding hydrogens is 446 g/mol. The molecule has 0 saturated heterocycles. The number of nitrogens with one attached hydrogen (secondary N) is 1. The van der Waals surface area contributed by atoms with Crippen LogP contribution in [0.4, 0.5) is 5.00 Å². The van der Waals surface area contributed by atoms with Crippen molar-refractivity contribution in [2.24, 2.45) is 0 Å². The maximum Gasteiger partial charge on any atom is 0.348 e. The van der Waals surface area contributed by atoms with Crippen LogP contribution >= 0.6 is 34.4 Å². The molecule has 0 bridgehead atoms. The van der Waals surface area contributed by atoms with Crippen molar-refractivity contribution in [3.63, 3.8) is 0 Å². The number of carbonyl (C=O) groups excluding carboxylic acids is 3. The van der Waals surface area contributed by atoms with Crippen molar-refractivity contribution in [1.29, 1.82) is 0 Å². The lowest BCUT2D eigenvalue weighted by molar-refractivity contribution is -0.113. The van der Waals surface area contributed by atoms with Gasteiger partial charge in [-0.15, -0.1) is 22.7 Å². The summed E-state index contributed by atoms with van der Waals surface area (Å²) in [6.07, 6.45) is 1.48. The van der Waals surface area contributed by atoms with Gasteiger partial charge in [0.05, 0.1) is 25.5 Å². The number of thiophene rings is 2. The lowest BCUT2D eigenvalue weighted by Gasteiger charge is -2.06. The Morgan fingerprint density at radius 2 is 1.73 bits per heavy atom. The van der Waals surface area contributed by atoms with E-state index < -0.39 is 11.9 Å². The molecule has 0 radical (unpaired) electrons. The predicted octanol–water partition coefficient (Wildman–Crippen LogP) is 3.98. The predicted molar refractivity (Wildman–Crippen MR) is 118 cm³/mol. The fraction of sp³-hybridized carbons (Fsp3) is 0.316. The minimum Gasteiger partial charge on any atom is -0.465 e. The molecular formula is C19H19N3O5S3. The zero-order valence-corrected chi connectivity index (χ0v) is 19.4. The van der Waals surface area contributed by atoms with Gasteiger partial charge in [0, 0.05) is 10.3 Å². The third kappa shape index (κ3) is 4.18. The number of rotatable bonds is 6. The summed E-state index contributed by atoms with van der Waals surface area (Å²) in [5.41, 5.74) is 1.65. The van der Waals surface area contributed by atoms with E-state index in [-0.39, 0.29) is 27.1 Å². The van der Waals surface area contributed by atoms with Crippen LogP contribution in [-0.4, -0.2) is 47.8 Å². The molecule has 11 heteroatoms. The van der Waals surface area contributed by atoms with Gasteiger partial charge in [0.15, 0.2) is 0 Å². The van der Waals surface area contributed by atoms with Crippen LogP contribution in [-0.2, 0) is 14.3 Å². The standard InChI is InChI=1S/C19H19N3O5S3/c1-8-10(3)29-16-12(8)15(20-7-21-16)28-6-11(23)22-17-13(18(24)26-4)9(2)14(30-17)19(25)27-5/h7H,6H2,1-5H3,(H,22,23). The number of nitrogens with zero attached hydrogens (tertiary/aromatic N) is 2. The zero-order chi connectivity index (χ0) is 22.0. The van der Waals surface area contributed by atoms with Gasteiger partial charge in [0.2, 0.25) is 5.91 Å². The van der Waals surface area contributed by atoms with E-state index in [9.17, 15) is 14.4 Å². The number of hydrogen-bond acceptors (Lipinski definition) is 10. The van der Waals surface area contributed by atoms with E-state index in [1.807, 2.05) is 13.8 Å². The van der Waals surface area contributed by atoms with Crippen molar-refractivity contribution in [2.75, 3.05) is 25.3 Å². The van der Waals surface area contributed by atoms with E-state index in [1.165, 1.54) is 32.3 Å². The largest absolute Gasteiger partial charge is 0.465 e. The zero-order valence-electron chi connectivity index (χ0n) is 16.9. The number of methoxy groups -OCH3 is 2. The Morgan fingerprint density at radius 3 is 2.40 bits per heavy atom. The fourth-order valence-electron chi connectivity index (χ4n) is 2.79. The summed E-state index contributed by atoms with van der Waals surface area (Å²) >= 11 is 3.86. The maximum atomic E-state index is 12.6. The molecule has 0 aliphatic carbocycles. The Labute approximate surface area is 185 Å². The number of aromatic nitrogens is 2. The molecule has 0 unspecified atom stereocenters. The van der Waals surface area contributed by atoms with Gasteiger partial charge in [-0.1, -0.05) is 11.8 Å². The monoisotopic (exact) mass is 465 g/mol. The highest BCUT2D eigenvalue weighted by molar-refractivity contribution is 8.00. The van der Waals surface area contributed by atoms with Crippen LogP contribution in [0.3, 0.4) is 0 Å². The van der Waals surface area contributed by atoms with E-state index in [0.717, 1.165) is 37.0 Å². The highest BCUT2D eigenvalue weighted by Crippen LogP contribution is 2.36. The van der Waals surface area contributed by atoms with Gasteiger partial charge in [-0.2, -0.15) is 0 Å². The molecule has 0 saturated carbocycles. The first-order chi connectivity index (χ1) is 14.3. The molecule has 3 aromatic heterocycles. The summed E-state index contributed by atoms with van der Waals surface area (Å²) in [7, 11) is 2.50. The number of carbonyl (C=O) groups is 3. The van der Waals surface area contributed by atoms with Crippen molar-refractivity contribution >= 4 is 67.5 Å². The summed E-state index contributed by atoms with van der Waals surface area (Å²) in [5.74, 6) is -1.47. The fourth-order valence-corrected chi connectivity index (χ4v) is 5.84. The molecule has 0 spiro atoms. The molecule has 1 amide bonds. The lowest BCUT2D eigenvalue weighted by Crippen LogP contribution is -2.16. The smallest absolute Gasteiger partial charge is 0.348 e. The second kappa shape index (κ2) is 9.11. The van der Waals surface area contributed by atoms with Crippen LogP contribution in [0.15, 0.2) is 11.4 Å². The van der Waals surface area contributed by atoms with Crippen LogP contribution in [0.1, 0.15) is 36.0 Å². The molecule has 8 nitrogen and oxygen atoms in total.